The molecule has 0 saturated carbocycles. The highest BCUT2D eigenvalue weighted by atomic mass is 19.1. The summed E-state index contributed by atoms with van der Waals surface area (Å²) in [4.78, 5) is 19.3. The van der Waals surface area contributed by atoms with Gasteiger partial charge in [0.25, 0.3) is 0 Å². The average Bonchev–Trinajstić information content (AvgIpc) is 3.00. The van der Waals surface area contributed by atoms with Crippen molar-refractivity contribution in [2.75, 3.05) is 18.5 Å². The molecule has 0 aliphatic rings. The summed E-state index contributed by atoms with van der Waals surface area (Å²) in [7, 11) is 0. The average molecular weight is 313 g/mol. The van der Waals surface area contributed by atoms with E-state index in [1.54, 1.807) is 12.3 Å². The van der Waals surface area contributed by atoms with Gasteiger partial charge in [0.2, 0.25) is 0 Å². The molecule has 0 fully saturated rings. The number of anilines is 1. The van der Waals surface area contributed by atoms with E-state index in [-0.39, 0.29) is 12.4 Å². The minimum absolute atomic E-state index is 0.0293. The van der Waals surface area contributed by atoms with Crippen molar-refractivity contribution in [3.63, 3.8) is 0 Å². The van der Waals surface area contributed by atoms with E-state index >= 15 is 0 Å². The zero-order chi connectivity index (χ0) is 16.4. The first-order chi connectivity index (χ1) is 11.1. The molecule has 2 aromatic heterocycles. The van der Waals surface area contributed by atoms with Gasteiger partial charge in [0.1, 0.15) is 17.3 Å². The summed E-state index contributed by atoms with van der Waals surface area (Å²) in [6, 6.07) is 7.72. The molecule has 0 amide bonds. The Balaban J connectivity index is 2.24. The molecule has 0 atom stereocenters. The van der Waals surface area contributed by atoms with Crippen LogP contribution >= 0.6 is 0 Å². The molecule has 3 rings (SSSR count). The third kappa shape index (κ3) is 2.93. The molecule has 0 spiro atoms. The van der Waals surface area contributed by atoms with Gasteiger partial charge in [0.15, 0.2) is 5.78 Å². The maximum absolute atomic E-state index is 13.7. The number of halogens is 1. The Morgan fingerprint density at radius 1 is 1.30 bits per heavy atom. The van der Waals surface area contributed by atoms with Gasteiger partial charge < -0.3 is 15.4 Å². The summed E-state index contributed by atoms with van der Waals surface area (Å²) >= 11 is 0. The van der Waals surface area contributed by atoms with E-state index in [1.165, 1.54) is 25.1 Å². The van der Waals surface area contributed by atoms with E-state index in [4.69, 9.17) is 5.11 Å². The highest BCUT2D eigenvalue weighted by Crippen LogP contribution is 2.33. The van der Waals surface area contributed by atoms with Gasteiger partial charge in [-0.3, -0.25) is 4.79 Å². The van der Waals surface area contributed by atoms with E-state index in [9.17, 15) is 9.18 Å². The molecule has 23 heavy (non-hydrogen) atoms. The number of nitrogens with zero attached hydrogens (tertiary/aromatic N) is 1. The monoisotopic (exact) mass is 313 g/mol. The lowest BCUT2D eigenvalue weighted by molar-refractivity contribution is 0.101. The summed E-state index contributed by atoms with van der Waals surface area (Å²) in [5.74, 6) is 0.00324. The smallest absolute Gasteiger partial charge is 0.160 e. The van der Waals surface area contributed by atoms with Crippen LogP contribution in [0.4, 0.5) is 10.2 Å². The number of benzene rings is 1. The van der Waals surface area contributed by atoms with Crippen LogP contribution in [-0.4, -0.2) is 34.0 Å². The van der Waals surface area contributed by atoms with Crippen molar-refractivity contribution in [1.82, 2.24) is 9.97 Å². The Bertz CT molecular complexity index is 873. The van der Waals surface area contributed by atoms with Crippen LogP contribution in [0, 0.1) is 5.82 Å². The Morgan fingerprint density at radius 2 is 2.13 bits per heavy atom. The first kappa shape index (κ1) is 15.2. The van der Waals surface area contributed by atoms with Gasteiger partial charge >= 0.3 is 0 Å². The molecule has 6 heteroatoms. The molecule has 1 aromatic carbocycles. The molecular formula is C17H16FN3O2. The molecule has 0 saturated heterocycles. The van der Waals surface area contributed by atoms with E-state index in [0.717, 1.165) is 5.39 Å². The van der Waals surface area contributed by atoms with Crippen LogP contribution in [0.2, 0.25) is 0 Å². The fourth-order valence-electron chi connectivity index (χ4n) is 2.58. The van der Waals surface area contributed by atoms with E-state index < -0.39 is 5.82 Å². The lowest BCUT2D eigenvalue weighted by Crippen LogP contribution is -2.07. The molecule has 3 aromatic rings. The number of aromatic nitrogens is 2. The largest absolute Gasteiger partial charge is 0.395 e. The Labute approximate surface area is 132 Å². The van der Waals surface area contributed by atoms with Crippen molar-refractivity contribution in [2.24, 2.45) is 0 Å². The molecule has 2 heterocycles. The van der Waals surface area contributed by atoms with Crippen LogP contribution in [-0.2, 0) is 0 Å². The summed E-state index contributed by atoms with van der Waals surface area (Å²) in [5.41, 5.74) is 2.31. The van der Waals surface area contributed by atoms with Crippen LogP contribution in [0.1, 0.15) is 17.3 Å². The van der Waals surface area contributed by atoms with E-state index in [2.05, 4.69) is 15.3 Å². The fourth-order valence-corrected chi connectivity index (χ4v) is 2.58. The number of hydrogen-bond acceptors (Lipinski definition) is 4. The summed E-state index contributed by atoms with van der Waals surface area (Å²) in [5, 5.41) is 12.7. The van der Waals surface area contributed by atoms with Crippen molar-refractivity contribution >= 4 is 22.6 Å². The van der Waals surface area contributed by atoms with Crippen molar-refractivity contribution in [2.45, 2.75) is 6.92 Å². The van der Waals surface area contributed by atoms with Crippen LogP contribution in [0.3, 0.4) is 0 Å². The second-order valence-corrected chi connectivity index (χ2v) is 5.19. The summed E-state index contributed by atoms with van der Waals surface area (Å²) in [6.45, 7) is 1.77. The number of fused-ring (bicyclic) bond motifs is 1. The van der Waals surface area contributed by atoms with Gasteiger partial charge in [0.05, 0.1) is 6.61 Å². The highest BCUT2D eigenvalue weighted by Gasteiger charge is 2.15. The number of aromatic amines is 1. The first-order valence-electron chi connectivity index (χ1n) is 7.24. The van der Waals surface area contributed by atoms with Gasteiger partial charge in [-0.25, -0.2) is 9.37 Å². The minimum Gasteiger partial charge on any atom is -0.395 e. The molecule has 0 unspecified atom stereocenters. The second-order valence-electron chi connectivity index (χ2n) is 5.19. The van der Waals surface area contributed by atoms with Gasteiger partial charge in [-0.05, 0) is 48.4 Å². The molecule has 3 N–H and O–H groups in total. The minimum atomic E-state index is -0.407. The number of carbonyl (C=O) groups excluding carboxylic acids is 1. The van der Waals surface area contributed by atoms with Crippen LogP contribution in [0.25, 0.3) is 22.2 Å². The molecule has 0 bridgehead atoms. The summed E-state index contributed by atoms with van der Waals surface area (Å²) < 4.78 is 13.7. The lowest BCUT2D eigenvalue weighted by Gasteiger charge is -2.11. The molecule has 0 aliphatic heterocycles. The number of pyridine rings is 1. The number of H-pyrrole nitrogens is 1. The third-order valence-electron chi connectivity index (χ3n) is 3.60. The quantitative estimate of drug-likeness (QED) is 0.633. The Hall–Kier alpha value is -2.73. The molecular weight excluding hydrogens is 297 g/mol. The number of nitrogens with one attached hydrogen (secondary N) is 2. The van der Waals surface area contributed by atoms with E-state index in [0.29, 0.717) is 34.7 Å². The molecule has 0 aliphatic carbocycles. The Kier molecular flexibility index (Phi) is 4.08. The number of hydrogen-bond donors (Lipinski definition) is 3. The van der Waals surface area contributed by atoms with Gasteiger partial charge in [-0.1, -0.05) is 0 Å². The molecule has 5 nitrogen and oxygen atoms in total. The van der Waals surface area contributed by atoms with Gasteiger partial charge in [-0.2, -0.15) is 0 Å². The van der Waals surface area contributed by atoms with Crippen molar-refractivity contribution < 1.29 is 14.3 Å². The van der Waals surface area contributed by atoms with Crippen LogP contribution in [0.15, 0.2) is 36.5 Å². The van der Waals surface area contributed by atoms with Gasteiger partial charge in [0, 0.05) is 23.7 Å². The number of Topliss-reactive ketones (excluding diaryl/α,β-unsaturated/α-hetero) is 1. The SMILES string of the molecule is CC(=O)c1ccc(F)cc1-c1cc(NCCO)nc2[nH]ccc12. The molecule has 118 valence electrons. The number of aliphatic hydroxyl groups excluding tert-OH is 1. The summed E-state index contributed by atoms with van der Waals surface area (Å²) in [6.07, 6.45) is 1.74. The van der Waals surface area contributed by atoms with Crippen molar-refractivity contribution in [1.29, 1.82) is 0 Å². The van der Waals surface area contributed by atoms with Crippen molar-refractivity contribution in [3.8, 4) is 11.1 Å². The van der Waals surface area contributed by atoms with E-state index in [1.807, 2.05) is 6.07 Å². The topological polar surface area (TPSA) is 78.0 Å². The predicted molar refractivity (Wildman–Crippen MR) is 87.1 cm³/mol. The number of carbonyl (C=O) groups is 1. The van der Waals surface area contributed by atoms with Crippen LogP contribution < -0.4 is 5.32 Å². The fraction of sp³-hybridized carbons (Fsp3) is 0.176. The number of ketones is 1. The third-order valence-corrected chi connectivity index (χ3v) is 3.60. The second kappa shape index (κ2) is 6.18. The maximum atomic E-state index is 13.7. The lowest BCUT2D eigenvalue weighted by atomic mass is 9.96. The predicted octanol–water partition coefficient (Wildman–Crippen LogP) is 2.98. The zero-order valence-electron chi connectivity index (χ0n) is 12.6. The Morgan fingerprint density at radius 3 is 2.87 bits per heavy atom. The van der Waals surface area contributed by atoms with Crippen LogP contribution in [0.5, 0.6) is 0 Å². The number of rotatable bonds is 5. The van der Waals surface area contributed by atoms with Gasteiger partial charge in [-0.15, -0.1) is 0 Å². The van der Waals surface area contributed by atoms with Crippen molar-refractivity contribution in [3.05, 3.63) is 47.9 Å². The number of aliphatic hydroxyl groups is 1. The normalized spacial score (nSPS) is 10.9. The maximum Gasteiger partial charge on any atom is 0.160 e. The molecule has 0 radical (unpaired) electrons. The first-order valence-corrected chi connectivity index (χ1v) is 7.24. The standard InChI is InChI=1S/C17H16FN3O2/c1-10(23)12-3-2-11(18)8-14(12)15-9-16(19-6-7-22)21-17-13(15)4-5-20-17/h2-5,8-9,22H,6-7H2,1H3,(H2,19,20,21). The highest BCUT2D eigenvalue weighted by molar-refractivity contribution is 6.05. The zero-order valence-corrected chi connectivity index (χ0v) is 12.6.